The van der Waals surface area contributed by atoms with Crippen molar-refractivity contribution in [1.82, 2.24) is 10.2 Å². The predicted octanol–water partition coefficient (Wildman–Crippen LogP) is -0.0787. The van der Waals surface area contributed by atoms with E-state index in [1.807, 2.05) is 0 Å². The lowest BCUT2D eigenvalue weighted by Crippen LogP contribution is -1.93. The highest BCUT2D eigenvalue weighted by atomic mass is 15.2. The van der Waals surface area contributed by atoms with Gasteiger partial charge in [-0.05, 0) is 0 Å². The number of aromatic nitrogens is 2. The Kier molecular flexibility index (Phi) is 1.14. The molecule has 1 aromatic heterocycles. The Hall–Kier alpha value is -1.45. The van der Waals surface area contributed by atoms with Crippen molar-refractivity contribution in [2.75, 3.05) is 5.73 Å². The van der Waals surface area contributed by atoms with E-state index in [4.69, 9.17) is 11.5 Å². The van der Waals surface area contributed by atoms with Crippen LogP contribution in [-0.4, -0.2) is 10.2 Å². The Balaban J connectivity index is 2.98. The lowest BCUT2D eigenvalue weighted by atomic mass is 10.3. The second-order valence-corrected chi connectivity index (χ2v) is 1.73. The Morgan fingerprint density at radius 2 is 2.44 bits per heavy atom. The quantitative estimate of drug-likeness (QED) is 0.490. The summed E-state index contributed by atoms with van der Waals surface area (Å²) in [4.78, 5) is 0. The molecule has 9 heavy (non-hydrogen) atoms. The maximum atomic E-state index is 5.31. The molecular formula is C5H8N4. The van der Waals surface area contributed by atoms with Gasteiger partial charge in [-0.15, -0.1) is 0 Å². The van der Waals surface area contributed by atoms with Gasteiger partial charge in [0, 0.05) is 11.8 Å². The van der Waals surface area contributed by atoms with Gasteiger partial charge in [0.15, 0.2) is 0 Å². The number of rotatable bonds is 1. The van der Waals surface area contributed by atoms with Gasteiger partial charge in [-0.2, -0.15) is 5.10 Å². The minimum atomic E-state index is 0.427. The Bertz CT molecular complexity index is 225. The smallest absolute Gasteiger partial charge is 0.145 e. The molecule has 0 atom stereocenters. The van der Waals surface area contributed by atoms with E-state index in [9.17, 15) is 0 Å². The second-order valence-electron chi connectivity index (χ2n) is 1.73. The van der Waals surface area contributed by atoms with Crippen molar-refractivity contribution in [2.24, 2.45) is 5.73 Å². The van der Waals surface area contributed by atoms with E-state index in [-0.39, 0.29) is 0 Å². The molecule has 48 valence electrons. The first kappa shape index (κ1) is 5.68. The average Bonchev–Trinajstić information content (AvgIpc) is 2.14. The van der Waals surface area contributed by atoms with Crippen molar-refractivity contribution in [3.8, 4) is 0 Å². The molecule has 4 heteroatoms. The molecule has 0 aromatic carbocycles. The van der Waals surface area contributed by atoms with E-state index in [1.165, 1.54) is 0 Å². The van der Waals surface area contributed by atoms with E-state index in [0.29, 0.717) is 17.2 Å². The number of nitrogens with two attached hydrogens (primary N) is 2. The molecule has 0 aliphatic carbocycles. The highest BCUT2D eigenvalue weighted by Crippen LogP contribution is 2.04. The number of nitrogens with zero attached hydrogens (tertiary/aromatic N) is 1. The lowest BCUT2D eigenvalue weighted by Gasteiger charge is -1.87. The molecule has 0 aliphatic heterocycles. The normalized spacial score (nSPS) is 9.33. The van der Waals surface area contributed by atoms with Crippen LogP contribution in [0.4, 0.5) is 5.82 Å². The Labute approximate surface area is 52.5 Å². The molecule has 4 nitrogen and oxygen atoms in total. The van der Waals surface area contributed by atoms with Crippen molar-refractivity contribution in [3.63, 3.8) is 0 Å². The van der Waals surface area contributed by atoms with Gasteiger partial charge in [-0.25, -0.2) is 0 Å². The average molecular weight is 124 g/mol. The molecule has 0 aliphatic rings. The summed E-state index contributed by atoms with van der Waals surface area (Å²) in [5.41, 5.74) is 11.7. The fraction of sp³-hybridized carbons (Fsp3) is 0. The standard InChI is InChI=1S/C5H8N4/c1-3(6)4-2-5(7)9-8-4/h2H,1,6H2,(H3,7,8,9). The van der Waals surface area contributed by atoms with Gasteiger partial charge in [0.1, 0.15) is 5.82 Å². The van der Waals surface area contributed by atoms with Crippen LogP contribution in [0.5, 0.6) is 0 Å². The molecule has 0 fully saturated rings. The molecule has 0 bridgehead atoms. The second kappa shape index (κ2) is 1.81. The fourth-order valence-electron chi connectivity index (χ4n) is 0.502. The number of H-pyrrole nitrogens is 1. The summed E-state index contributed by atoms with van der Waals surface area (Å²) < 4.78 is 0. The maximum absolute atomic E-state index is 5.31. The van der Waals surface area contributed by atoms with Crippen LogP contribution < -0.4 is 11.5 Å². The minimum absolute atomic E-state index is 0.427. The van der Waals surface area contributed by atoms with Crippen LogP contribution in [-0.2, 0) is 0 Å². The van der Waals surface area contributed by atoms with Crippen LogP contribution in [0.15, 0.2) is 12.6 Å². The van der Waals surface area contributed by atoms with Crippen molar-refractivity contribution in [1.29, 1.82) is 0 Å². The van der Waals surface area contributed by atoms with E-state index >= 15 is 0 Å². The summed E-state index contributed by atoms with van der Waals surface area (Å²) in [6, 6.07) is 1.63. The zero-order chi connectivity index (χ0) is 6.85. The van der Waals surface area contributed by atoms with Crippen LogP contribution in [0, 0.1) is 0 Å². The first-order chi connectivity index (χ1) is 4.20. The highest BCUT2D eigenvalue weighted by Gasteiger charge is 1.95. The van der Waals surface area contributed by atoms with Gasteiger partial charge >= 0.3 is 0 Å². The van der Waals surface area contributed by atoms with Gasteiger partial charge in [0.2, 0.25) is 0 Å². The van der Waals surface area contributed by atoms with E-state index in [0.717, 1.165) is 0 Å². The molecule has 0 unspecified atom stereocenters. The van der Waals surface area contributed by atoms with Gasteiger partial charge in [-0.3, -0.25) is 5.10 Å². The summed E-state index contributed by atoms with van der Waals surface area (Å²) in [6.07, 6.45) is 0. The summed E-state index contributed by atoms with van der Waals surface area (Å²) in [6.45, 7) is 3.49. The van der Waals surface area contributed by atoms with Crippen LogP contribution in [0.3, 0.4) is 0 Å². The molecule has 0 spiro atoms. The summed E-state index contributed by atoms with van der Waals surface area (Å²) >= 11 is 0. The number of hydrogen-bond donors (Lipinski definition) is 3. The van der Waals surface area contributed by atoms with Crippen LogP contribution in [0.1, 0.15) is 5.69 Å². The third-order valence-corrected chi connectivity index (χ3v) is 0.944. The Morgan fingerprint density at radius 3 is 2.67 bits per heavy atom. The summed E-state index contributed by atoms with van der Waals surface area (Å²) in [7, 11) is 0. The van der Waals surface area contributed by atoms with Crippen LogP contribution >= 0.6 is 0 Å². The number of nitrogen functional groups attached to an aromatic ring is 1. The zero-order valence-electron chi connectivity index (χ0n) is 4.89. The lowest BCUT2D eigenvalue weighted by molar-refractivity contribution is 1.08. The van der Waals surface area contributed by atoms with Gasteiger partial charge in [0.05, 0.1) is 5.69 Å². The monoisotopic (exact) mass is 124 g/mol. The molecule has 0 saturated carbocycles. The minimum Gasteiger partial charge on any atom is -0.397 e. The number of aromatic amines is 1. The summed E-state index contributed by atoms with van der Waals surface area (Å²) in [5.74, 6) is 0.427. The Morgan fingerprint density at radius 1 is 1.78 bits per heavy atom. The molecule has 0 radical (unpaired) electrons. The topological polar surface area (TPSA) is 80.7 Å². The van der Waals surface area contributed by atoms with E-state index in [2.05, 4.69) is 16.8 Å². The van der Waals surface area contributed by atoms with Crippen LogP contribution in [0.25, 0.3) is 5.70 Å². The largest absolute Gasteiger partial charge is 0.397 e. The first-order valence-electron chi connectivity index (χ1n) is 2.46. The first-order valence-corrected chi connectivity index (χ1v) is 2.46. The van der Waals surface area contributed by atoms with Crippen molar-refractivity contribution in [2.45, 2.75) is 0 Å². The predicted molar refractivity (Wildman–Crippen MR) is 36.2 cm³/mol. The van der Waals surface area contributed by atoms with Gasteiger partial charge in [0.25, 0.3) is 0 Å². The maximum Gasteiger partial charge on any atom is 0.145 e. The molecule has 1 aromatic rings. The molecular weight excluding hydrogens is 116 g/mol. The fourth-order valence-corrected chi connectivity index (χ4v) is 0.502. The van der Waals surface area contributed by atoms with Crippen molar-refractivity contribution < 1.29 is 0 Å². The molecule has 0 saturated heterocycles. The summed E-state index contributed by atoms with van der Waals surface area (Å²) in [5, 5.41) is 6.26. The number of hydrogen-bond acceptors (Lipinski definition) is 3. The van der Waals surface area contributed by atoms with Gasteiger partial charge in [-0.1, -0.05) is 6.58 Å². The molecule has 1 heterocycles. The highest BCUT2D eigenvalue weighted by molar-refractivity contribution is 5.58. The zero-order valence-corrected chi connectivity index (χ0v) is 4.89. The number of nitrogens with one attached hydrogen (secondary N) is 1. The van der Waals surface area contributed by atoms with E-state index in [1.54, 1.807) is 6.07 Å². The van der Waals surface area contributed by atoms with E-state index < -0.39 is 0 Å². The van der Waals surface area contributed by atoms with Gasteiger partial charge < -0.3 is 11.5 Å². The SMILES string of the molecule is C=C(N)c1cc(N)n[nH]1. The number of anilines is 1. The third-order valence-electron chi connectivity index (χ3n) is 0.944. The van der Waals surface area contributed by atoms with Crippen molar-refractivity contribution in [3.05, 3.63) is 18.3 Å². The molecule has 1 rings (SSSR count). The third kappa shape index (κ3) is 1.02. The molecule has 0 amide bonds. The van der Waals surface area contributed by atoms with Crippen molar-refractivity contribution >= 4 is 11.5 Å². The van der Waals surface area contributed by atoms with Crippen LogP contribution in [0.2, 0.25) is 0 Å². The molecule has 5 N–H and O–H groups in total.